The van der Waals surface area contributed by atoms with Gasteiger partial charge in [0.15, 0.2) is 0 Å². The van der Waals surface area contributed by atoms with E-state index in [0.29, 0.717) is 17.4 Å². The van der Waals surface area contributed by atoms with Crippen LogP contribution < -0.4 is 0 Å². The summed E-state index contributed by atoms with van der Waals surface area (Å²) in [6.07, 6.45) is 1.70. The predicted octanol–water partition coefficient (Wildman–Crippen LogP) is 4.53. The van der Waals surface area contributed by atoms with Crippen molar-refractivity contribution in [3.05, 3.63) is 70.7 Å². The number of piperazine rings is 1. The van der Waals surface area contributed by atoms with Crippen molar-refractivity contribution in [2.24, 2.45) is 0 Å². The lowest BCUT2D eigenvalue weighted by Crippen LogP contribution is -2.49. The molecule has 5 rings (SSSR count). The molecular formula is C27H31N5O2. The number of fused-ring (bicyclic) bond motifs is 1. The third kappa shape index (κ3) is 4.75. The van der Waals surface area contributed by atoms with Gasteiger partial charge < -0.3 is 14.4 Å². The summed E-state index contributed by atoms with van der Waals surface area (Å²) >= 11 is 0. The average molecular weight is 458 g/mol. The van der Waals surface area contributed by atoms with Crippen LogP contribution in [0, 0.1) is 20.8 Å². The van der Waals surface area contributed by atoms with Gasteiger partial charge in [-0.25, -0.2) is 0 Å². The summed E-state index contributed by atoms with van der Waals surface area (Å²) in [6, 6.07) is 14.4. The molecule has 0 unspecified atom stereocenters. The third-order valence-electron chi connectivity index (χ3n) is 6.62. The highest BCUT2D eigenvalue weighted by Gasteiger charge is 2.23. The maximum absolute atomic E-state index is 13.1. The number of aromatic amines is 1. The van der Waals surface area contributed by atoms with E-state index in [1.165, 1.54) is 16.7 Å². The van der Waals surface area contributed by atoms with E-state index in [-0.39, 0.29) is 5.91 Å². The lowest BCUT2D eigenvalue weighted by molar-refractivity contribution is 0.0631. The van der Waals surface area contributed by atoms with Crippen LogP contribution in [0.4, 0.5) is 0 Å². The Hall–Kier alpha value is -3.45. The lowest BCUT2D eigenvalue weighted by Gasteiger charge is -2.34. The molecule has 0 spiro atoms. The molecule has 0 bridgehead atoms. The van der Waals surface area contributed by atoms with Crippen LogP contribution in [0.25, 0.3) is 22.3 Å². The Morgan fingerprint density at radius 3 is 2.53 bits per heavy atom. The maximum Gasteiger partial charge on any atom is 0.270 e. The summed E-state index contributed by atoms with van der Waals surface area (Å²) in [4.78, 5) is 25.3. The highest BCUT2D eigenvalue weighted by Crippen LogP contribution is 2.23. The molecule has 7 heteroatoms. The Kier molecular flexibility index (Phi) is 6.20. The second-order valence-corrected chi connectivity index (χ2v) is 9.34. The zero-order valence-electron chi connectivity index (χ0n) is 20.1. The Morgan fingerprint density at radius 1 is 1.00 bits per heavy atom. The van der Waals surface area contributed by atoms with Crippen LogP contribution in [-0.2, 0) is 6.42 Å². The van der Waals surface area contributed by atoms with E-state index in [2.05, 4.69) is 65.1 Å². The van der Waals surface area contributed by atoms with Gasteiger partial charge in [-0.1, -0.05) is 41.1 Å². The lowest BCUT2D eigenvalue weighted by atomic mass is 10.1. The number of nitrogens with zero attached hydrogens (tertiary/aromatic N) is 4. The highest BCUT2D eigenvalue weighted by molar-refractivity contribution is 5.99. The molecule has 2 aromatic carbocycles. The van der Waals surface area contributed by atoms with Crippen molar-refractivity contribution >= 4 is 16.8 Å². The number of carbonyl (C=O) groups excluding carboxylic acids is 1. The molecule has 0 aliphatic carbocycles. The van der Waals surface area contributed by atoms with Gasteiger partial charge in [-0.05, 0) is 57.0 Å². The van der Waals surface area contributed by atoms with Gasteiger partial charge in [0, 0.05) is 49.1 Å². The molecular weight excluding hydrogens is 426 g/mol. The minimum atomic E-state index is 0.0856. The summed E-state index contributed by atoms with van der Waals surface area (Å²) < 4.78 is 5.44. The van der Waals surface area contributed by atoms with Crippen LogP contribution in [0.2, 0.25) is 0 Å². The van der Waals surface area contributed by atoms with Gasteiger partial charge in [-0.3, -0.25) is 9.69 Å². The summed E-state index contributed by atoms with van der Waals surface area (Å²) in [7, 11) is 0. The Morgan fingerprint density at radius 2 is 1.76 bits per heavy atom. The van der Waals surface area contributed by atoms with Crippen molar-refractivity contribution in [3.63, 3.8) is 0 Å². The van der Waals surface area contributed by atoms with Gasteiger partial charge in [0.25, 0.3) is 5.91 Å². The molecule has 0 radical (unpaired) electrons. The Bertz CT molecular complexity index is 1300. The van der Waals surface area contributed by atoms with Gasteiger partial charge in [0.05, 0.1) is 0 Å². The van der Waals surface area contributed by atoms with Crippen molar-refractivity contribution in [2.45, 2.75) is 33.6 Å². The van der Waals surface area contributed by atoms with E-state index in [1.807, 2.05) is 23.1 Å². The molecule has 1 N–H and O–H groups in total. The van der Waals surface area contributed by atoms with Gasteiger partial charge >= 0.3 is 0 Å². The summed E-state index contributed by atoms with van der Waals surface area (Å²) in [6.45, 7) is 10.4. The van der Waals surface area contributed by atoms with Crippen molar-refractivity contribution in [3.8, 4) is 11.4 Å². The summed E-state index contributed by atoms with van der Waals surface area (Å²) in [5, 5.41) is 5.24. The molecule has 1 aliphatic rings. The minimum Gasteiger partial charge on any atom is -0.351 e. The number of hydrogen-bond acceptors (Lipinski definition) is 5. The fourth-order valence-electron chi connectivity index (χ4n) is 4.69. The fourth-order valence-corrected chi connectivity index (χ4v) is 4.69. The number of amides is 1. The van der Waals surface area contributed by atoms with Crippen molar-refractivity contribution in [1.29, 1.82) is 0 Å². The quantitative estimate of drug-likeness (QED) is 0.460. The molecule has 0 atom stereocenters. The normalized spacial score (nSPS) is 14.7. The number of benzene rings is 2. The minimum absolute atomic E-state index is 0.0856. The van der Waals surface area contributed by atoms with E-state index >= 15 is 0 Å². The van der Waals surface area contributed by atoms with Crippen molar-refractivity contribution in [1.82, 2.24) is 24.9 Å². The first-order valence-electron chi connectivity index (χ1n) is 12.0. The number of aryl methyl sites for hydroxylation is 4. The first-order valence-corrected chi connectivity index (χ1v) is 12.0. The molecule has 7 nitrogen and oxygen atoms in total. The first-order chi connectivity index (χ1) is 16.5. The molecule has 1 amide bonds. The zero-order chi connectivity index (χ0) is 23.7. The van der Waals surface area contributed by atoms with E-state index in [0.717, 1.165) is 62.0 Å². The van der Waals surface area contributed by atoms with E-state index in [4.69, 9.17) is 4.52 Å². The van der Waals surface area contributed by atoms with Crippen molar-refractivity contribution < 1.29 is 9.32 Å². The number of carbonyl (C=O) groups is 1. The van der Waals surface area contributed by atoms with Gasteiger partial charge in [0.2, 0.25) is 11.7 Å². The van der Waals surface area contributed by atoms with E-state index in [1.54, 1.807) is 0 Å². The first kappa shape index (κ1) is 22.3. The van der Waals surface area contributed by atoms with Gasteiger partial charge in [0.1, 0.15) is 5.69 Å². The molecule has 1 fully saturated rings. The molecule has 34 heavy (non-hydrogen) atoms. The number of rotatable bonds is 6. The number of H-pyrrole nitrogens is 1. The van der Waals surface area contributed by atoms with Crippen LogP contribution in [0.5, 0.6) is 0 Å². The van der Waals surface area contributed by atoms with Gasteiger partial charge in [-0.15, -0.1) is 0 Å². The average Bonchev–Trinajstić information content (AvgIpc) is 3.47. The van der Waals surface area contributed by atoms with Crippen LogP contribution in [0.1, 0.15) is 39.5 Å². The van der Waals surface area contributed by atoms with Crippen LogP contribution in [0.3, 0.4) is 0 Å². The molecule has 4 aromatic rings. The second kappa shape index (κ2) is 9.43. The highest BCUT2D eigenvalue weighted by atomic mass is 16.5. The standard InChI is InChI=1S/C27H31N5O2/c1-18-6-8-21(9-7-18)26-29-25(34-30-26)5-4-10-31-11-13-32(14-12-31)27(33)24-17-22-20(3)15-19(2)16-23(22)28-24/h6-9,15-17,28H,4-5,10-14H2,1-3H3. The van der Waals surface area contributed by atoms with Crippen LogP contribution in [-0.4, -0.2) is 63.6 Å². The number of hydrogen-bond donors (Lipinski definition) is 1. The zero-order valence-corrected chi connectivity index (χ0v) is 20.1. The molecule has 176 valence electrons. The number of nitrogens with one attached hydrogen (secondary N) is 1. The largest absolute Gasteiger partial charge is 0.351 e. The monoisotopic (exact) mass is 457 g/mol. The third-order valence-corrected chi connectivity index (χ3v) is 6.62. The molecule has 3 heterocycles. The fraction of sp³-hybridized carbons (Fsp3) is 0.370. The number of aromatic nitrogens is 3. The Balaban J connectivity index is 1.10. The molecule has 1 aliphatic heterocycles. The smallest absolute Gasteiger partial charge is 0.270 e. The second-order valence-electron chi connectivity index (χ2n) is 9.34. The molecule has 1 saturated heterocycles. The summed E-state index contributed by atoms with van der Waals surface area (Å²) in [5.41, 5.74) is 6.29. The van der Waals surface area contributed by atoms with E-state index < -0.39 is 0 Å². The molecule has 2 aromatic heterocycles. The summed E-state index contributed by atoms with van der Waals surface area (Å²) in [5.74, 6) is 1.40. The van der Waals surface area contributed by atoms with Crippen molar-refractivity contribution in [2.75, 3.05) is 32.7 Å². The SMILES string of the molecule is Cc1ccc(-c2noc(CCCN3CCN(C(=O)c4cc5c(C)cc(C)cc5[nH]4)CC3)n2)cc1. The Labute approximate surface area is 199 Å². The van der Waals surface area contributed by atoms with Gasteiger partial charge in [-0.2, -0.15) is 4.98 Å². The van der Waals surface area contributed by atoms with E-state index in [9.17, 15) is 4.79 Å². The topological polar surface area (TPSA) is 78.3 Å². The molecule has 0 saturated carbocycles. The van der Waals surface area contributed by atoms with Crippen LogP contribution >= 0.6 is 0 Å². The maximum atomic E-state index is 13.1. The predicted molar refractivity (Wildman–Crippen MR) is 133 cm³/mol. The van der Waals surface area contributed by atoms with Crippen LogP contribution in [0.15, 0.2) is 47.0 Å².